The number of benzene rings is 1. The predicted molar refractivity (Wildman–Crippen MR) is 54.0 cm³/mol. The molecule has 0 bridgehead atoms. The number of nitrogen functional groups attached to an aromatic ring is 1. The second-order valence-corrected chi connectivity index (χ2v) is 3.57. The number of halogens is 1. The van der Waals surface area contributed by atoms with Crippen molar-refractivity contribution in [3.8, 4) is 0 Å². The lowest BCUT2D eigenvalue weighted by molar-refractivity contribution is 0.556. The summed E-state index contributed by atoms with van der Waals surface area (Å²) in [5.74, 6) is 0.295. The van der Waals surface area contributed by atoms with Crippen LogP contribution in [0.1, 0.15) is 25.8 Å². The molecule has 1 rings (SSSR count). The van der Waals surface area contributed by atoms with Crippen molar-refractivity contribution >= 4 is 5.69 Å². The van der Waals surface area contributed by atoms with Gasteiger partial charge in [-0.15, -0.1) is 0 Å². The van der Waals surface area contributed by atoms with E-state index in [9.17, 15) is 4.39 Å². The SMILES string of the molecule is CCC(C)Cc1ccc(N)c(F)c1. The van der Waals surface area contributed by atoms with Crippen molar-refractivity contribution in [2.75, 3.05) is 5.73 Å². The number of anilines is 1. The van der Waals surface area contributed by atoms with Crippen LogP contribution in [-0.4, -0.2) is 0 Å². The van der Waals surface area contributed by atoms with E-state index >= 15 is 0 Å². The minimum atomic E-state index is -0.305. The first-order valence-electron chi connectivity index (χ1n) is 4.67. The lowest BCUT2D eigenvalue weighted by Crippen LogP contribution is -1.99. The maximum atomic E-state index is 13.0. The topological polar surface area (TPSA) is 26.0 Å². The Balaban J connectivity index is 2.73. The van der Waals surface area contributed by atoms with Gasteiger partial charge in [-0.1, -0.05) is 26.3 Å². The monoisotopic (exact) mass is 181 g/mol. The maximum absolute atomic E-state index is 13.0. The van der Waals surface area contributed by atoms with Gasteiger partial charge in [0.2, 0.25) is 0 Å². The second-order valence-electron chi connectivity index (χ2n) is 3.57. The number of hydrogen-bond acceptors (Lipinski definition) is 1. The molecule has 0 aliphatic heterocycles. The van der Waals surface area contributed by atoms with Gasteiger partial charge in [0, 0.05) is 0 Å². The summed E-state index contributed by atoms with van der Waals surface area (Å²) in [6.45, 7) is 4.30. The summed E-state index contributed by atoms with van der Waals surface area (Å²) in [6, 6.07) is 5.05. The van der Waals surface area contributed by atoms with Crippen molar-refractivity contribution in [2.45, 2.75) is 26.7 Å². The van der Waals surface area contributed by atoms with Crippen LogP contribution in [0.5, 0.6) is 0 Å². The Hall–Kier alpha value is -1.05. The van der Waals surface area contributed by atoms with Crippen LogP contribution in [0.3, 0.4) is 0 Å². The van der Waals surface area contributed by atoms with Gasteiger partial charge in [0.25, 0.3) is 0 Å². The van der Waals surface area contributed by atoms with E-state index in [0.29, 0.717) is 5.92 Å². The summed E-state index contributed by atoms with van der Waals surface area (Å²) in [6.07, 6.45) is 2.04. The zero-order chi connectivity index (χ0) is 9.84. The molecule has 72 valence electrons. The third-order valence-electron chi connectivity index (χ3n) is 2.35. The summed E-state index contributed by atoms with van der Waals surface area (Å²) in [7, 11) is 0. The number of hydrogen-bond donors (Lipinski definition) is 1. The Kier molecular flexibility index (Phi) is 3.29. The Morgan fingerprint density at radius 2 is 2.15 bits per heavy atom. The Labute approximate surface area is 78.8 Å². The predicted octanol–water partition coefficient (Wildman–Crippen LogP) is 3.00. The summed E-state index contributed by atoms with van der Waals surface area (Å²) < 4.78 is 13.0. The van der Waals surface area contributed by atoms with Crippen molar-refractivity contribution in [1.82, 2.24) is 0 Å². The lowest BCUT2D eigenvalue weighted by Gasteiger charge is -2.08. The molecule has 0 heterocycles. The molecule has 0 aromatic heterocycles. The molecule has 2 N–H and O–H groups in total. The molecule has 13 heavy (non-hydrogen) atoms. The van der Waals surface area contributed by atoms with Gasteiger partial charge >= 0.3 is 0 Å². The average Bonchev–Trinajstić information content (AvgIpc) is 2.11. The standard InChI is InChI=1S/C11H16FN/c1-3-8(2)6-9-4-5-11(13)10(12)7-9/h4-5,7-8H,3,6,13H2,1-2H3. The van der Waals surface area contributed by atoms with Crippen LogP contribution in [0.4, 0.5) is 10.1 Å². The van der Waals surface area contributed by atoms with Gasteiger partial charge in [-0.25, -0.2) is 4.39 Å². The molecule has 0 aliphatic carbocycles. The molecule has 1 aromatic carbocycles. The zero-order valence-corrected chi connectivity index (χ0v) is 8.18. The molecule has 0 amide bonds. The van der Waals surface area contributed by atoms with Crippen LogP contribution >= 0.6 is 0 Å². The van der Waals surface area contributed by atoms with Crippen molar-refractivity contribution in [3.63, 3.8) is 0 Å². The second kappa shape index (κ2) is 4.26. The van der Waals surface area contributed by atoms with Gasteiger partial charge in [-0.3, -0.25) is 0 Å². The molecule has 0 saturated heterocycles. The molecule has 0 fully saturated rings. The van der Waals surface area contributed by atoms with Gasteiger partial charge in [0.15, 0.2) is 0 Å². The minimum absolute atomic E-state index is 0.230. The van der Waals surface area contributed by atoms with E-state index in [-0.39, 0.29) is 11.5 Å². The molecule has 0 aliphatic rings. The normalized spacial score (nSPS) is 12.8. The molecule has 1 atom stereocenters. The summed E-state index contributed by atoms with van der Waals surface area (Å²) in [5.41, 5.74) is 6.64. The van der Waals surface area contributed by atoms with Gasteiger partial charge in [-0.05, 0) is 30.0 Å². The molecule has 1 unspecified atom stereocenters. The van der Waals surface area contributed by atoms with E-state index in [1.54, 1.807) is 6.07 Å². The van der Waals surface area contributed by atoms with Gasteiger partial charge in [0.1, 0.15) is 5.82 Å². The van der Waals surface area contributed by atoms with Crippen LogP contribution in [0, 0.1) is 11.7 Å². The molecule has 2 heteroatoms. The van der Waals surface area contributed by atoms with Crippen molar-refractivity contribution in [2.24, 2.45) is 5.92 Å². The van der Waals surface area contributed by atoms with Crippen LogP contribution < -0.4 is 5.73 Å². The van der Waals surface area contributed by atoms with Crippen molar-refractivity contribution in [3.05, 3.63) is 29.6 Å². The Morgan fingerprint density at radius 1 is 1.46 bits per heavy atom. The van der Waals surface area contributed by atoms with Crippen LogP contribution in [-0.2, 0) is 6.42 Å². The Bertz CT molecular complexity index is 283. The minimum Gasteiger partial charge on any atom is -0.396 e. The summed E-state index contributed by atoms with van der Waals surface area (Å²) in [4.78, 5) is 0. The average molecular weight is 181 g/mol. The first kappa shape index (κ1) is 10.0. The number of rotatable bonds is 3. The highest BCUT2D eigenvalue weighted by molar-refractivity contribution is 5.41. The van der Waals surface area contributed by atoms with Crippen LogP contribution in [0.15, 0.2) is 18.2 Å². The van der Waals surface area contributed by atoms with Crippen LogP contribution in [0.2, 0.25) is 0 Å². The fraction of sp³-hybridized carbons (Fsp3) is 0.455. The molecule has 0 saturated carbocycles. The smallest absolute Gasteiger partial charge is 0.146 e. The largest absolute Gasteiger partial charge is 0.396 e. The third kappa shape index (κ3) is 2.72. The molecule has 1 aromatic rings. The van der Waals surface area contributed by atoms with Gasteiger partial charge < -0.3 is 5.73 Å². The fourth-order valence-electron chi connectivity index (χ4n) is 1.24. The van der Waals surface area contributed by atoms with Gasteiger partial charge in [0.05, 0.1) is 5.69 Å². The first-order valence-corrected chi connectivity index (χ1v) is 4.67. The van der Waals surface area contributed by atoms with E-state index in [4.69, 9.17) is 5.73 Å². The first-order chi connectivity index (χ1) is 6.13. The van der Waals surface area contributed by atoms with Crippen LogP contribution in [0.25, 0.3) is 0 Å². The molecular formula is C11H16FN. The third-order valence-corrected chi connectivity index (χ3v) is 2.35. The summed E-state index contributed by atoms with van der Waals surface area (Å²) in [5, 5.41) is 0. The van der Waals surface area contributed by atoms with Gasteiger partial charge in [-0.2, -0.15) is 0 Å². The highest BCUT2D eigenvalue weighted by Gasteiger charge is 2.03. The molecular weight excluding hydrogens is 165 g/mol. The van der Waals surface area contributed by atoms with E-state index in [0.717, 1.165) is 18.4 Å². The fourth-order valence-corrected chi connectivity index (χ4v) is 1.24. The molecule has 0 radical (unpaired) electrons. The quantitative estimate of drug-likeness (QED) is 0.713. The zero-order valence-electron chi connectivity index (χ0n) is 8.18. The van der Waals surface area contributed by atoms with E-state index in [1.165, 1.54) is 6.07 Å². The Morgan fingerprint density at radius 3 is 2.69 bits per heavy atom. The van der Waals surface area contributed by atoms with Crippen molar-refractivity contribution in [1.29, 1.82) is 0 Å². The molecule has 0 spiro atoms. The highest BCUT2D eigenvalue weighted by Crippen LogP contribution is 2.16. The number of nitrogens with two attached hydrogens (primary N) is 1. The van der Waals surface area contributed by atoms with E-state index < -0.39 is 0 Å². The summed E-state index contributed by atoms with van der Waals surface area (Å²) >= 11 is 0. The van der Waals surface area contributed by atoms with Crippen molar-refractivity contribution < 1.29 is 4.39 Å². The van der Waals surface area contributed by atoms with E-state index in [1.807, 2.05) is 6.07 Å². The lowest BCUT2D eigenvalue weighted by atomic mass is 9.99. The maximum Gasteiger partial charge on any atom is 0.146 e. The highest BCUT2D eigenvalue weighted by atomic mass is 19.1. The van der Waals surface area contributed by atoms with E-state index in [2.05, 4.69) is 13.8 Å². The molecule has 1 nitrogen and oxygen atoms in total.